The van der Waals surface area contributed by atoms with Crippen LogP contribution in [0.4, 0.5) is 30.5 Å². The highest BCUT2D eigenvalue weighted by atomic mass is 19.4. The van der Waals surface area contributed by atoms with Crippen molar-refractivity contribution in [3.05, 3.63) is 99.2 Å². The molecule has 0 aliphatic carbocycles. The molecule has 0 saturated heterocycles. The van der Waals surface area contributed by atoms with Crippen LogP contribution >= 0.6 is 0 Å². The number of nitrogens with zero attached hydrogens (tertiary/aromatic N) is 5. The molecular formula is C29H24F3N7O2. The molecule has 1 amide bonds. The molecule has 0 saturated carbocycles. The van der Waals surface area contributed by atoms with Gasteiger partial charge in [-0.05, 0) is 68.3 Å². The van der Waals surface area contributed by atoms with E-state index in [0.29, 0.717) is 22.3 Å². The molecule has 9 nitrogen and oxygen atoms in total. The maximum atomic E-state index is 13.4. The lowest BCUT2D eigenvalue weighted by molar-refractivity contribution is -0.137. The van der Waals surface area contributed by atoms with Crippen LogP contribution in [0.15, 0.2) is 65.7 Å². The third-order valence-electron chi connectivity index (χ3n) is 6.50. The second-order valence-corrected chi connectivity index (χ2v) is 9.56. The molecule has 0 unspecified atom stereocenters. The molecule has 41 heavy (non-hydrogen) atoms. The Kier molecular flexibility index (Phi) is 6.99. The van der Waals surface area contributed by atoms with Crippen LogP contribution in [-0.4, -0.2) is 30.4 Å². The Morgan fingerprint density at radius 3 is 2.44 bits per heavy atom. The number of aryl methyl sites for hydroxylation is 4. The summed E-state index contributed by atoms with van der Waals surface area (Å²) in [5.74, 6) is -0.455. The maximum absolute atomic E-state index is 13.4. The van der Waals surface area contributed by atoms with E-state index in [1.807, 2.05) is 19.9 Å². The summed E-state index contributed by atoms with van der Waals surface area (Å²) in [4.78, 5) is 43.8. The molecule has 0 aliphatic rings. The van der Waals surface area contributed by atoms with E-state index in [4.69, 9.17) is 0 Å². The Bertz CT molecular complexity index is 1880. The van der Waals surface area contributed by atoms with E-state index in [-0.39, 0.29) is 22.9 Å². The van der Waals surface area contributed by atoms with Gasteiger partial charge in [-0.3, -0.25) is 19.1 Å². The van der Waals surface area contributed by atoms with Gasteiger partial charge in [0.15, 0.2) is 5.65 Å². The van der Waals surface area contributed by atoms with Gasteiger partial charge in [-0.1, -0.05) is 12.1 Å². The van der Waals surface area contributed by atoms with Crippen molar-refractivity contribution in [3.63, 3.8) is 0 Å². The van der Waals surface area contributed by atoms with Gasteiger partial charge < -0.3 is 10.6 Å². The Morgan fingerprint density at radius 2 is 1.71 bits per heavy atom. The molecule has 0 fully saturated rings. The van der Waals surface area contributed by atoms with Gasteiger partial charge in [-0.25, -0.2) is 9.97 Å². The maximum Gasteiger partial charge on any atom is 0.416 e. The van der Waals surface area contributed by atoms with Crippen LogP contribution in [-0.2, 0) is 13.2 Å². The minimum atomic E-state index is -4.58. The summed E-state index contributed by atoms with van der Waals surface area (Å²) in [6.45, 7) is 5.60. The average Bonchev–Trinajstić information content (AvgIpc) is 2.93. The topological polar surface area (TPSA) is 115 Å². The normalized spacial score (nSPS) is 11.5. The van der Waals surface area contributed by atoms with Gasteiger partial charge in [-0.15, -0.1) is 0 Å². The third kappa shape index (κ3) is 5.62. The fraction of sp³-hybridized carbons (Fsp3) is 0.172. The molecule has 5 aromatic rings. The monoisotopic (exact) mass is 559 g/mol. The average molecular weight is 560 g/mol. The molecular weight excluding hydrogens is 535 g/mol. The number of alkyl halides is 3. The molecule has 0 aliphatic heterocycles. The Balaban J connectivity index is 1.47. The van der Waals surface area contributed by atoms with Gasteiger partial charge in [0.1, 0.15) is 11.2 Å². The minimum Gasteiger partial charge on any atom is -0.323 e. The van der Waals surface area contributed by atoms with Crippen LogP contribution in [0, 0.1) is 20.8 Å². The molecule has 3 heterocycles. The van der Waals surface area contributed by atoms with Gasteiger partial charge >= 0.3 is 6.18 Å². The number of anilines is 3. The summed E-state index contributed by atoms with van der Waals surface area (Å²) in [5, 5.41) is 5.72. The van der Waals surface area contributed by atoms with E-state index in [0.717, 1.165) is 29.1 Å². The summed E-state index contributed by atoms with van der Waals surface area (Å²) in [5.41, 5.74) is 3.26. The molecule has 12 heteroatoms. The van der Waals surface area contributed by atoms with Crippen LogP contribution in [0.2, 0.25) is 0 Å². The highest BCUT2D eigenvalue weighted by molar-refractivity contribution is 6.04. The van der Waals surface area contributed by atoms with Gasteiger partial charge in [0, 0.05) is 29.6 Å². The fourth-order valence-corrected chi connectivity index (χ4v) is 4.29. The van der Waals surface area contributed by atoms with Crippen LogP contribution in [0.1, 0.15) is 32.7 Å². The van der Waals surface area contributed by atoms with Crippen molar-refractivity contribution in [2.24, 2.45) is 7.05 Å². The Labute approximate surface area is 232 Å². The number of halogens is 3. The minimum absolute atomic E-state index is 0.107. The molecule has 0 spiro atoms. The smallest absolute Gasteiger partial charge is 0.323 e. The second kappa shape index (κ2) is 10.5. The van der Waals surface area contributed by atoms with E-state index < -0.39 is 23.2 Å². The molecule has 0 atom stereocenters. The number of hydrogen-bond donors (Lipinski definition) is 2. The zero-order valence-corrected chi connectivity index (χ0v) is 22.5. The van der Waals surface area contributed by atoms with E-state index in [2.05, 4.69) is 30.6 Å². The van der Waals surface area contributed by atoms with Crippen molar-refractivity contribution >= 4 is 34.4 Å². The van der Waals surface area contributed by atoms with Gasteiger partial charge in [0.2, 0.25) is 5.95 Å². The number of carbonyl (C=O) groups is 1. The number of benzene rings is 2. The van der Waals surface area contributed by atoms with Crippen molar-refractivity contribution in [2.45, 2.75) is 26.9 Å². The molecule has 3 aromatic heterocycles. The fourth-order valence-electron chi connectivity index (χ4n) is 4.29. The van der Waals surface area contributed by atoms with Crippen LogP contribution in [0.25, 0.3) is 22.4 Å². The first-order chi connectivity index (χ1) is 19.4. The molecule has 0 radical (unpaired) electrons. The Morgan fingerprint density at radius 1 is 0.927 bits per heavy atom. The van der Waals surface area contributed by atoms with Crippen LogP contribution < -0.4 is 16.2 Å². The van der Waals surface area contributed by atoms with E-state index in [1.54, 1.807) is 38.4 Å². The van der Waals surface area contributed by atoms with Crippen molar-refractivity contribution in [1.29, 1.82) is 0 Å². The van der Waals surface area contributed by atoms with Crippen molar-refractivity contribution in [3.8, 4) is 11.3 Å². The van der Waals surface area contributed by atoms with Crippen LogP contribution in [0.5, 0.6) is 0 Å². The van der Waals surface area contributed by atoms with Crippen LogP contribution in [0.3, 0.4) is 0 Å². The number of aromatic nitrogens is 5. The van der Waals surface area contributed by atoms with Gasteiger partial charge in [-0.2, -0.15) is 18.2 Å². The lowest BCUT2D eigenvalue weighted by atomic mass is 10.0. The number of pyridine rings is 1. The molecule has 2 aromatic carbocycles. The first kappa shape index (κ1) is 27.4. The highest BCUT2D eigenvalue weighted by Gasteiger charge is 2.31. The van der Waals surface area contributed by atoms with Crippen molar-refractivity contribution in [2.75, 3.05) is 10.6 Å². The van der Waals surface area contributed by atoms with E-state index in [1.165, 1.54) is 22.9 Å². The number of carbonyl (C=O) groups excluding carboxylic acids is 1. The lowest BCUT2D eigenvalue weighted by Crippen LogP contribution is -2.22. The first-order valence-corrected chi connectivity index (χ1v) is 12.4. The summed E-state index contributed by atoms with van der Waals surface area (Å²) < 4.78 is 40.6. The lowest BCUT2D eigenvalue weighted by Gasteiger charge is -2.13. The third-order valence-corrected chi connectivity index (χ3v) is 6.50. The van der Waals surface area contributed by atoms with Crippen molar-refractivity contribution in [1.82, 2.24) is 24.5 Å². The van der Waals surface area contributed by atoms with Gasteiger partial charge in [0.05, 0.1) is 23.6 Å². The summed E-state index contributed by atoms with van der Waals surface area (Å²) in [6, 6.07) is 10.9. The quantitative estimate of drug-likeness (QED) is 0.283. The second-order valence-electron chi connectivity index (χ2n) is 9.56. The highest BCUT2D eigenvalue weighted by Crippen LogP contribution is 2.30. The zero-order chi connectivity index (χ0) is 29.5. The van der Waals surface area contributed by atoms with E-state index in [9.17, 15) is 22.8 Å². The largest absolute Gasteiger partial charge is 0.416 e. The van der Waals surface area contributed by atoms with Gasteiger partial charge in [0.25, 0.3) is 11.5 Å². The molecule has 0 bridgehead atoms. The summed E-state index contributed by atoms with van der Waals surface area (Å²) in [7, 11) is 1.57. The standard InChI is InChI=1S/C29H24F3N7O2/c1-15-8-9-20(35-26(40)18-6-5-7-19(11-18)29(30,31)32)12-21(15)24-27(41)39(4)25-23(36-24)14-34-28(38-25)37-22-13-33-17(3)10-16(22)2/h5-14H,1-4H3,(H,35,40)(H,34,37,38). The predicted molar refractivity (Wildman–Crippen MR) is 149 cm³/mol. The predicted octanol–water partition coefficient (Wildman–Crippen LogP) is 5.73. The molecule has 5 rings (SSSR count). The SMILES string of the molecule is Cc1cc(C)c(Nc2ncc3nc(-c4cc(NC(=O)c5cccc(C(F)(F)F)c5)ccc4C)c(=O)n(C)c3n2)cn1. The summed E-state index contributed by atoms with van der Waals surface area (Å²) >= 11 is 0. The number of rotatable bonds is 5. The molecule has 2 N–H and O–H groups in total. The van der Waals surface area contributed by atoms with E-state index >= 15 is 0 Å². The molecule has 208 valence electrons. The summed E-state index contributed by atoms with van der Waals surface area (Å²) in [6.07, 6.45) is -1.40. The number of nitrogens with one attached hydrogen (secondary N) is 2. The number of hydrogen-bond acceptors (Lipinski definition) is 7. The Hall–Kier alpha value is -5.13. The zero-order valence-electron chi connectivity index (χ0n) is 22.5. The first-order valence-electron chi connectivity index (χ1n) is 12.4. The number of fused-ring (bicyclic) bond motifs is 1. The number of amides is 1. The van der Waals surface area contributed by atoms with Crippen molar-refractivity contribution < 1.29 is 18.0 Å².